The van der Waals surface area contributed by atoms with Gasteiger partial charge in [-0.05, 0) is 6.92 Å². The van der Waals surface area contributed by atoms with Crippen LogP contribution in [0.2, 0.25) is 0 Å². The van der Waals surface area contributed by atoms with E-state index in [2.05, 4.69) is 9.72 Å². The van der Waals surface area contributed by atoms with E-state index >= 15 is 0 Å². The highest BCUT2D eigenvalue weighted by Crippen LogP contribution is 2.15. The molecule has 1 aromatic rings. The van der Waals surface area contributed by atoms with E-state index in [9.17, 15) is 18.4 Å². The Labute approximate surface area is 95.6 Å². The Morgan fingerprint density at radius 3 is 2.71 bits per heavy atom. The van der Waals surface area contributed by atoms with Crippen molar-refractivity contribution in [1.29, 1.82) is 0 Å². The van der Waals surface area contributed by atoms with Crippen LogP contribution in [-0.2, 0) is 11.3 Å². The third-order valence-electron chi connectivity index (χ3n) is 2.11. The second-order valence-electron chi connectivity index (χ2n) is 3.15. The Morgan fingerprint density at radius 1 is 1.59 bits per heavy atom. The summed E-state index contributed by atoms with van der Waals surface area (Å²) in [5.41, 5.74) is 3.13. The number of hydrogen-bond donors (Lipinski definition) is 2. The molecule has 0 saturated carbocycles. The van der Waals surface area contributed by atoms with Gasteiger partial charge in [0.25, 0.3) is 6.43 Å². The first-order valence-electron chi connectivity index (χ1n) is 4.92. The number of esters is 1. The summed E-state index contributed by atoms with van der Waals surface area (Å²) in [5.74, 6) is -0.948. The monoisotopic (exact) mass is 246 g/mol. The van der Waals surface area contributed by atoms with Crippen molar-refractivity contribution < 1.29 is 18.3 Å². The van der Waals surface area contributed by atoms with E-state index in [0.29, 0.717) is 0 Å². The summed E-state index contributed by atoms with van der Waals surface area (Å²) in [6, 6.07) is 0. The highest BCUT2D eigenvalue weighted by Gasteiger charge is 2.22. The SMILES string of the molecule is CCOC(=O)c1c(CN)[nH]cc(C(F)F)c1=O. The van der Waals surface area contributed by atoms with Crippen molar-refractivity contribution in [3.8, 4) is 0 Å². The van der Waals surface area contributed by atoms with Crippen molar-refractivity contribution >= 4 is 5.97 Å². The van der Waals surface area contributed by atoms with Crippen LogP contribution >= 0.6 is 0 Å². The number of rotatable bonds is 4. The fraction of sp³-hybridized carbons (Fsp3) is 0.400. The van der Waals surface area contributed by atoms with Crippen LogP contribution in [-0.4, -0.2) is 17.6 Å². The predicted molar refractivity (Wildman–Crippen MR) is 55.9 cm³/mol. The maximum Gasteiger partial charge on any atom is 0.343 e. The largest absolute Gasteiger partial charge is 0.462 e. The Kier molecular flexibility index (Phi) is 4.33. The lowest BCUT2D eigenvalue weighted by Gasteiger charge is -2.08. The first-order chi connectivity index (χ1) is 8.02. The number of aromatic amines is 1. The molecule has 94 valence electrons. The van der Waals surface area contributed by atoms with Crippen molar-refractivity contribution in [2.24, 2.45) is 5.73 Å². The third-order valence-corrected chi connectivity index (χ3v) is 2.11. The molecule has 0 aliphatic rings. The first-order valence-corrected chi connectivity index (χ1v) is 4.92. The number of hydrogen-bond acceptors (Lipinski definition) is 4. The highest BCUT2D eigenvalue weighted by atomic mass is 19.3. The second kappa shape index (κ2) is 5.53. The summed E-state index contributed by atoms with van der Waals surface area (Å²) < 4.78 is 29.6. The summed E-state index contributed by atoms with van der Waals surface area (Å²) in [7, 11) is 0. The summed E-state index contributed by atoms with van der Waals surface area (Å²) in [4.78, 5) is 25.5. The van der Waals surface area contributed by atoms with Crippen LogP contribution in [0, 0.1) is 0 Å². The lowest BCUT2D eigenvalue weighted by Crippen LogP contribution is -2.25. The molecule has 0 aromatic carbocycles. The average Bonchev–Trinajstić information content (AvgIpc) is 2.27. The second-order valence-corrected chi connectivity index (χ2v) is 3.15. The van der Waals surface area contributed by atoms with Crippen molar-refractivity contribution in [2.45, 2.75) is 19.9 Å². The number of H-pyrrole nitrogens is 1. The number of halogens is 2. The fourth-order valence-electron chi connectivity index (χ4n) is 1.33. The molecule has 0 atom stereocenters. The van der Waals surface area contributed by atoms with Gasteiger partial charge >= 0.3 is 5.97 Å². The van der Waals surface area contributed by atoms with Crippen LogP contribution in [0.5, 0.6) is 0 Å². The summed E-state index contributed by atoms with van der Waals surface area (Å²) >= 11 is 0. The minimum atomic E-state index is -2.96. The lowest BCUT2D eigenvalue weighted by atomic mass is 10.1. The standard InChI is InChI=1S/C10H12F2N2O3/c1-2-17-10(16)7-6(3-13)14-4-5(8(7)15)9(11)12/h4,9H,2-3,13H2,1H3,(H,14,15). The molecule has 0 saturated heterocycles. The highest BCUT2D eigenvalue weighted by molar-refractivity contribution is 5.90. The summed E-state index contributed by atoms with van der Waals surface area (Å²) in [6.07, 6.45) is -2.10. The molecule has 1 aromatic heterocycles. The smallest absolute Gasteiger partial charge is 0.343 e. The van der Waals surface area contributed by atoms with Crippen molar-refractivity contribution in [2.75, 3.05) is 6.61 Å². The number of ether oxygens (including phenoxy) is 1. The zero-order valence-electron chi connectivity index (χ0n) is 9.13. The van der Waals surface area contributed by atoms with Crippen molar-refractivity contribution in [3.05, 3.63) is 33.2 Å². The Balaban J connectivity index is 3.38. The van der Waals surface area contributed by atoms with E-state index in [0.717, 1.165) is 6.20 Å². The van der Waals surface area contributed by atoms with Crippen LogP contribution < -0.4 is 11.2 Å². The van der Waals surface area contributed by atoms with Gasteiger partial charge in [0.1, 0.15) is 5.56 Å². The van der Waals surface area contributed by atoms with Gasteiger partial charge in [-0.25, -0.2) is 13.6 Å². The predicted octanol–water partition coefficient (Wildman–Crippen LogP) is 0.948. The zero-order valence-corrected chi connectivity index (χ0v) is 9.13. The number of nitrogens with two attached hydrogens (primary N) is 1. The third kappa shape index (κ3) is 2.68. The number of carbonyl (C=O) groups is 1. The average molecular weight is 246 g/mol. The molecule has 3 N–H and O–H groups in total. The van der Waals surface area contributed by atoms with Gasteiger partial charge in [-0.15, -0.1) is 0 Å². The van der Waals surface area contributed by atoms with Gasteiger partial charge in [-0.1, -0.05) is 0 Å². The van der Waals surface area contributed by atoms with Gasteiger partial charge in [0.15, 0.2) is 0 Å². The Hall–Kier alpha value is -1.76. The number of pyridine rings is 1. The van der Waals surface area contributed by atoms with Crippen molar-refractivity contribution in [1.82, 2.24) is 4.98 Å². The van der Waals surface area contributed by atoms with Gasteiger partial charge in [0.05, 0.1) is 12.2 Å². The fourth-order valence-corrected chi connectivity index (χ4v) is 1.33. The maximum atomic E-state index is 12.5. The number of carbonyl (C=O) groups excluding carboxylic acids is 1. The molecule has 17 heavy (non-hydrogen) atoms. The first kappa shape index (κ1) is 13.3. The van der Waals surface area contributed by atoms with Crippen LogP contribution in [0.25, 0.3) is 0 Å². The molecular formula is C10H12F2N2O3. The molecular weight excluding hydrogens is 234 g/mol. The number of nitrogens with one attached hydrogen (secondary N) is 1. The van der Waals surface area contributed by atoms with E-state index in [-0.39, 0.29) is 18.8 Å². The topological polar surface area (TPSA) is 85.2 Å². The van der Waals surface area contributed by atoms with E-state index in [1.54, 1.807) is 6.92 Å². The zero-order chi connectivity index (χ0) is 13.0. The van der Waals surface area contributed by atoms with Gasteiger partial charge in [-0.3, -0.25) is 4.79 Å². The molecule has 7 heteroatoms. The molecule has 1 heterocycles. The molecule has 0 amide bonds. The summed E-state index contributed by atoms with van der Waals surface area (Å²) in [6.45, 7) is 1.44. The molecule has 0 aliphatic carbocycles. The molecule has 0 radical (unpaired) electrons. The molecule has 0 unspecified atom stereocenters. The van der Waals surface area contributed by atoms with Gasteiger partial charge in [0.2, 0.25) is 5.43 Å². The quantitative estimate of drug-likeness (QED) is 0.774. The maximum absolute atomic E-state index is 12.5. The van der Waals surface area contributed by atoms with Crippen LogP contribution in [0.3, 0.4) is 0 Å². The molecule has 0 fully saturated rings. The summed E-state index contributed by atoms with van der Waals surface area (Å²) in [5, 5.41) is 0. The minimum Gasteiger partial charge on any atom is -0.462 e. The van der Waals surface area contributed by atoms with Gasteiger partial charge in [0, 0.05) is 18.4 Å². The number of alkyl halides is 2. The van der Waals surface area contributed by atoms with E-state index in [1.165, 1.54) is 0 Å². The van der Waals surface area contributed by atoms with E-state index < -0.39 is 29.0 Å². The van der Waals surface area contributed by atoms with Gasteiger partial charge in [-0.2, -0.15) is 0 Å². The molecule has 1 rings (SSSR count). The lowest BCUT2D eigenvalue weighted by molar-refractivity contribution is 0.0522. The number of aromatic nitrogens is 1. The molecule has 0 aliphatic heterocycles. The van der Waals surface area contributed by atoms with Crippen LogP contribution in [0.1, 0.15) is 35.0 Å². The normalized spacial score (nSPS) is 10.6. The van der Waals surface area contributed by atoms with Crippen LogP contribution in [0.4, 0.5) is 8.78 Å². The van der Waals surface area contributed by atoms with Crippen LogP contribution in [0.15, 0.2) is 11.0 Å². The van der Waals surface area contributed by atoms with E-state index in [4.69, 9.17) is 5.73 Å². The van der Waals surface area contributed by atoms with Crippen molar-refractivity contribution in [3.63, 3.8) is 0 Å². The Morgan fingerprint density at radius 2 is 2.24 bits per heavy atom. The van der Waals surface area contributed by atoms with Gasteiger partial charge < -0.3 is 15.5 Å². The van der Waals surface area contributed by atoms with E-state index in [1.807, 2.05) is 0 Å². The molecule has 5 nitrogen and oxygen atoms in total. The Bertz CT molecular complexity index is 471. The molecule has 0 bridgehead atoms. The molecule has 0 spiro atoms. The minimum absolute atomic E-state index is 0.0428.